The molecule has 2 N–H and O–H groups in total. The second kappa shape index (κ2) is 4.08. The van der Waals surface area contributed by atoms with Crippen molar-refractivity contribution in [2.24, 2.45) is 5.14 Å². The van der Waals surface area contributed by atoms with Crippen LogP contribution in [0.1, 0.15) is 11.1 Å². The largest absolute Gasteiger partial charge is 0.380 e. The van der Waals surface area contributed by atoms with Crippen LogP contribution in [0, 0.1) is 6.92 Å². The maximum Gasteiger partial charge on any atom is 0.238 e. The molecule has 0 fully saturated rings. The van der Waals surface area contributed by atoms with E-state index in [0.29, 0.717) is 12.2 Å². The SMILES string of the molecule is COCc1ccc(S(N)(=O)=O)c(C)c1. The maximum absolute atomic E-state index is 11.1. The minimum Gasteiger partial charge on any atom is -0.380 e. The number of nitrogens with two attached hydrogens (primary N) is 1. The van der Waals surface area contributed by atoms with Gasteiger partial charge in [-0.2, -0.15) is 0 Å². The summed E-state index contributed by atoms with van der Waals surface area (Å²) in [7, 11) is -2.02. The van der Waals surface area contributed by atoms with Gasteiger partial charge in [0.05, 0.1) is 11.5 Å². The van der Waals surface area contributed by atoms with E-state index < -0.39 is 10.0 Å². The van der Waals surface area contributed by atoms with E-state index in [1.54, 1.807) is 26.2 Å². The number of rotatable bonds is 3. The highest BCUT2D eigenvalue weighted by atomic mass is 32.2. The van der Waals surface area contributed by atoms with E-state index in [4.69, 9.17) is 9.88 Å². The van der Waals surface area contributed by atoms with Crippen LogP contribution in [-0.2, 0) is 21.4 Å². The number of methoxy groups -OCH3 is 1. The van der Waals surface area contributed by atoms with Crippen molar-refractivity contribution in [3.05, 3.63) is 29.3 Å². The molecular formula is C9H13NO3S. The van der Waals surface area contributed by atoms with Crippen molar-refractivity contribution in [3.8, 4) is 0 Å². The minimum absolute atomic E-state index is 0.164. The van der Waals surface area contributed by atoms with E-state index in [1.165, 1.54) is 6.07 Å². The summed E-state index contributed by atoms with van der Waals surface area (Å²) in [5.41, 5.74) is 1.57. The van der Waals surface area contributed by atoms with E-state index >= 15 is 0 Å². The lowest BCUT2D eigenvalue weighted by molar-refractivity contribution is 0.185. The Balaban J connectivity index is 3.15. The Morgan fingerprint density at radius 2 is 2.07 bits per heavy atom. The molecule has 1 aromatic carbocycles. The summed E-state index contributed by atoms with van der Waals surface area (Å²) in [4.78, 5) is 0.164. The number of hydrogen-bond acceptors (Lipinski definition) is 3. The second-order valence-electron chi connectivity index (χ2n) is 3.08. The molecule has 4 nitrogen and oxygen atoms in total. The van der Waals surface area contributed by atoms with Crippen molar-refractivity contribution >= 4 is 10.0 Å². The summed E-state index contributed by atoms with van der Waals surface area (Å²) >= 11 is 0. The van der Waals surface area contributed by atoms with Crippen LogP contribution in [0.15, 0.2) is 23.1 Å². The first kappa shape index (κ1) is 11.2. The third-order valence-electron chi connectivity index (χ3n) is 1.86. The molecule has 14 heavy (non-hydrogen) atoms. The molecule has 0 amide bonds. The molecule has 0 heterocycles. The molecule has 1 rings (SSSR count). The highest BCUT2D eigenvalue weighted by Crippen LogP contribution is 2.15. The molecule has 0 unspecified atom stereocenters. The molecule has 0 radical (unpaired) electrons. The van der Waals surface area contributed by atoms with Crippen LogP contribution >= 0.6 is 0 Å². The molecule has 0 saturated heterocycles. The quantitative estimate of drug-likeness (QED) is 0.810. The molecule has 0 aliphatic heterocycles. The fourth-order valence-electron chi connectivity index (χ4n) is 1.29. The standard InChI is InChI=1S/C9H13NO3S/c1-7-5-8(6-13-2)3-4-9(7)14(10,11)12/h3-5H,6H2,1-2H3,(H2,10,11,12). The summed E-state index contributed by atoms with van der Waals surface area (Å²) in [5.74, 6) is 0. The monoisotopic (exact) mass is 215 g/mol. The molecule has 0 aromatic heterocycles. The highest BCUT2D eigenvalue weighted by Gasteiger charge is 2.10. The van der Waals surface area contributed by atoms with Gasteiger partial charge in [0.25, 0.3) is 0 Å². The van der Waals surface area contributed by atoms with Gasteiger partial charge in [-0.15, -0.1) is 0 Å². The minimum atomic E-state index is -3.61. The molecule has 0 bridgehead atoms. The van der Waals surface area contributed by atoms with E-state index in [-0.39, 0.29) is 4.90 Å². The summed E-state index contributed by atoms with van der Waals surface area (Å²) in [6, 6.07) is 4.94. The van der Waals surface area contributed by atoms with Gasteiger partial charge in [0, 0.05) is 7.11 Å². The maximum atomic E-state index is 11.1. The van der Waals surface area contributed by atoms with Crippen molar-refractivity contribution in [2.75, 3.05) is 7.11 Å². The first-order valence-corrected chi connectivity index (χ1v) is 5.61. The number of sulfonamides is 1. The molecule has 0 atom stereocenters. The zero-order valence-corrected chi connectivity index (χ0v) is 8.97. The van der Waals surface area contributed by atoms with Gasteiger partial charge in [0.1, 0.15) is 0 Å². The summed E-state index contributed by atoms with van der Waals surface area (Å²) in [6.45, 7) is 2.17. The molecule has 78 valence electrons. The fraction of sp³-hybridized carbons (Fsp3) is 0.333. The first-order valence-electron chi connectivity index (χ1n) is 4.06. The van der Waals surface area contributed by atoms with E-state index in [2.05, 4.69) is 0 Å². The Kier molecular flexibility index (Phi) is 3.25. The molecule has 5 heteroatoms. The number of primary sulfonamides is 1. The number of ether oxygens (including phenoxy) is 1. The van der Waals surface area contributed by atoms with Crippen LogP contribution in [-0.4, -0.2) is 15.5 Å². The highest BCUT2D eigenvalue weighted by molar-refractivity contribution is 7.89. The predicted octanol–water partition coefficient (Wildman–Crippen LogP) is 0.789. The average Bonchev–Trinajstić information content (AvgIpc) is 2.02. The lowest BCUT2D eigenvalue weighted by Crippen LogP contribution is -2.13. The van der Waals surface area contributed by atoms with Crippen LogP contribution in [0.4, 0.5) is 0 Å². The van der Waals surface area contributed by atoms with Crippen LogP contribution in [0.5, 0.6) is 0 Å². The van der Waals surface area contributed by atoms with Gasteiger partial charge in [-0.1, -0.05) is 12.1 Å². The van der Waals surface area contributed by atoms with Crippen LogP contribution in [0.25, 0.3) is 0 Å². The van der Waals surface area contributed by atoms with E-state index in [1.807, 2.05) is 0 Å². The normalized spacial score (nSPS) is 11.6. The Hall–Kier alpha value is -0.910. The summed E-state index contributed by atoms with van der Waals surface area (Å²) in [6.07, 6.45) is 0. The van der Waals surface area contributed by atoms with Crippen molar-refractivity contribution in [1.29, 1.82) is 0 Å². The van der Waals surface area contributed by atoms with Crippen LogP contribution in [0.3, 0.4) is 0 Å². The third-order valence-corrected chi connectivity index (χ3v) is 2.93. The van der Waals surface area contributed by atoms with Gasteiger partial charge in [0.15, 0.2) is 0 Å². The number of hydrogen-bond donors (Lipinski definition) is 1. The summed E-state index contributed by atoms with van der Waals surface area (Å²) < 4.78 is 27.1. The molecule has 0 aliphatic rings. The smallest absolute Gasteiger partial charge is 0.238 e. The van der Waals surface area contributed by atoms with E-state index in [0.717, 1.165) is 5.56 Å². The average molecular weight is 215 g/mol. The lowest BCUT2D eigenvalue weighted by Gasteiger charge is -2.05. The molecule has 0 aliphatic carbocycles. The number of benzene rings is 1. The predicted molar refractivity (Wildman–Crippen MR) is 53.3 cm³/mol. The van der Waals surface area contributed by atoms with Crippen LogP contribution in [0.2, 0.25) is 0 Å². The van der Waals surface area contributed by atoms with Crippen molar-refractivity contribution in [1.82, 2.24) is 0 Å². The zero-order valence-electron chi connectivity index (χ0n) is 8.15. The Bertz CT molecular complexity index is 426. The Morgan fingerprint density at radius 1 is 1.43 bits per heavy atom. The van der Waals surface area contributed by atoms with Gasteiger partial charge in [-0.25, -0.2) is 13.6 Å². The van der Waals surface area contributed by atoms with Gasteiger partial charge >= 0.3 is 0 Å². The van der Waals surface area contributed by atoms with Crippen molar-refractivity contribution in [3.63, 3.8) is 0 Å². The second-order valence-corrected chi connectivity index (χ2v) is 4.61. The summed E-state index contributed by atoms with van der Waals surface area (Å²) in [5, 5.41) is 5.02. The zero-order chi connectivity index (χ0) is 10.8. The first-order chi connectivity index (χ1) is 6.45. The fourth-order valence-corrected chi connectivity index (χ4v) is 2.05. The van der Waals surface area contributed by atoms with Gasteiger partial charge in [0.2, 0.25) is 10.0 Å². The Morgan fingerprint density at radius 3 is 2.50 bits per heavy atom. The number of aryl methyl sites for hydroxylation is 1. The van der Waals surface area contributed by atoms with Crippen molar-refractivity contribution < 1.29 is 13.2 Å². The molecule has 1 aromatic rings. The molecule has 0 saturated carbocycles. The van der Waals surface area contributed by atoms with Gasteiger partial charge < -0.3 is 4.74 Å². The van der Waals surface area contributed by atoms with Crippen molar-refractivity contribution in [2.45, 2.75) is 18.4 Å². The molecule has 0 spiro atoms. The van der Waals surface area contributed by atoms with Gasteiger partial charge in [-0.3, -0.25) is 0 Å². The van der Waals surface area contributed by atoms with E-state index in [9.17, 15) is 8.42 Å². The lowest BCUT2D eigenvalue weighted by atomic mass is 10.1. The molecular weight excluding hydrogens is 202 g/mol. The topological polar surface area (TPSA) is 69.4 Å². The Labute approximate surface area is 83.7 Å². The van der Waals surface area contributed by atoms with Gasteiger partial charge in [-0.05, 0) is 24.1 Å². The third kappa shape index (κ3) is 2.54. The van der Waals surface area contributed by atoms with Crippen LogP contribution < -0.4 is 5.14 Å².